The van der Waals surface area contributed by atoms with Crippen molar-refractivity contribution in [2.45, 2.75) is 31.1 Å². The van der Waals surface area contributed by atoms with Crippen LogP contribution in [0.5, 0.6) is 0 Å². The molecule has 1 aliphatic heterocycles. The van der Waals surface area contributed by atoms with E-state index < -0.39 is 0 Å². The van der Waals surface area contributed by atoms with Crippen LogP contribution in [-0.2, 0) is 10.2 Å². The first-order valence-electron chi connectivity index (χ1n) is 10.8. The maximum absolute atomic E-state index is 13.2. The smallest absolute Gasteiger partial charge is 0.266 e. The number of oxazole rings is 1. The van der Waals surface area contributed by atoms with Gasteiger partial charge < -0.3 is 19.1 Å². The molecule has 1 amide bonds. The first-order valence-corrected chi connectivity index (χ1v) is 10.8. The number of rotatable bonds is 6. The molecule has 1 saturated heterocycles. The molecule has 0 bridgehead atoms. The van der Waals surface area contributed by atoms with Crippen LogP contribution in [0.3, 0.4) is 0 Å². The largest absolute Gasteiger partial charge is 0.459 e. The van der Waals surface area contributed by atoms with Crippen molar-refractivity contribution in [1.82, 2.24) is 10.3 Å². The molecule has 7 nitrogen and oxygen atoms in total. The molecule has 5 rings (SSSR count). The lowest BCUT2D eigenvalue weighted by atomic mass is 9.93. The van der Waals surface area contributed by atoms with Crippen molar-refractivity contribution in [3.8, 4) is 17.7 Å². The Kier molecular flexibility index (Phi) is 5.17. The standard InChI is InChI=1S/C24H23FN4O3/c25-18-5-3-17(4-6-18)24(9-10-24)15-27-21(30)16-7-11-29(12-8-16)23-19(14-26)28-22(32-23)20-2-1-13-31-20/h1-6,13,16H,7-12,15H2,(H,27,30). The zero-order valence-electron chi connectivity index (χ0n) is 17.5. The Balaban J connectivity index is 1.18. The zero-order chi connectivity index (χ0) is 22.1. The number of benzene rings is 1. The highest BCUT2D eigenvalue weighted by Crippen LogP contribution is 2.47. The maximum atomic E-state index is 13.2. The van der Waals surface area contributed by atoms with Gasteiger partial charge in [-0.25, -0.2) is 4.39 Å². The van der Waals surface area contributed by atoms with Gasteiger partial charge in [0.05, 0.1) is 6.26 Å². The van der Waals surface area contributed by atoms with E-state index in [0.29, 0.717) is 44.1 Å². The van der Waals surface area contributed by atoms with E-state index in [1.54, 1.807) is 12.1 Å². The molecule has 8 heteroatoms. The van der Waals surface area contributed by atoms with Gasteiger partial charge in [0.1, 0.15) is 11.9 Å². The highest BCUT2D eigenvalue weighted by Gasteiger charge is 2.44. The number of carbonyl (C=O) groups is 1. The van der Waals surface area contributed by atoms with Gasteiger partial charge in [0.25, 0.3) is 5.89 Å². The molecule has 164 valence electrons. The van der Waals surface area contributed by atoms with Crippen LogP contribution in [0.2, 0.25) is 0 Å². The van der Waals surface area contributed by atoms with Crippen LogP contribution in [-0.4, -0.2) is 30.5 Å². The van der Waals surface area contributed by atoms with Gasteiger partial charge in [-0.15, -0.1) is 0 Å². The lowest BCUT2D eigenvalue weighted by Crippen LogP contribution is -2.42. The Hall–Kier alpha value is -3.60. The summed E-state index contributed by atoms with van der Waals surface area (Å²) >= 11 is 0. The number of nitriles is 1. The third kappa shape index (κ3) is 3.86. The Morgan fingerprint density at radius 3 is 2.62 bits per heavy atom. The molecule has 0 unspecified atom stereocenters. The minimum absolute atomic E-state index is 0.0485. The second-order valence-corrected chi connectivity index (χ2v) is 8.53. The van der Waals surface area contributed by atoms with Crippen LogP contribution >= 0.6 is 0 Å². The Bertz CT molecular complexity index is 1140. The third-order valence-electron chi connectivity index (χ3n) is 6.51. The molecule has 32 heavy (non-hydrogen) atoms. The normalized spacial score (nSPS) is 17.7. The molecular weight excluding hydrogens is 411 g/mol. The van der Waals surface area contributed by atoms with Crippen LogP contribution in [0.15, 0.2) is 51.5 Å². The predicted molar refractivity (Wildman–Crippen MR) is 114 cm³/mol. The number of anilines is 1. The first kappa shape index (κ1) is 20.3. The summed E-state index contributed by atoms with van der Waals surface area (Å²) in [5.74, 6) is 0.878. The fraction of sp³-hybridized carbons (Fsp3) is 0.375. The molecule has 1 aliphatic carbocycles. The van der Waals surface area contributed by atoms with Crippen molar-refractivity contribution in [1.29, 1.82) is 5.26 Å². The van der Waals surface area contributed by atoms with E-state index >= 15 is 0 Å². The lowest BCUT2D eigenvalue weighted by molar-refractivity contribution is -0.125. The number of amides is 1. The average Bonchev–Trinajstić information content (AvgIpc) is 3.22. The maximum Gasteiger partial charge on any atom is 0.266 e. The Labute approximate surface area is 184 Å². The quantitative estimate of drug-likeness (QED) is 0.630. The van der Waals surface area contributed by atoms with Gasteiger partial charge in [-0.1, -0.05) is 12.1 Å². The summed E-state index contributed by atoms with van der Waals surface area (Å²) in [6.45, 7) is 1.77. The third-order valence-corrected chi connectivity index (χ3v) is 6.51. The van der Waals surface area contributed by atoms with Crippen molar-refractivity contribution in [2.24, 2.45) is 5.92 Å². The van der Waals surface area contributed by atoms with E-state index in [1.165, 1.54) is 18.4 Å². The minimum atomic E-state index is -0.247. The summed E-state index contributed by atoms with van der Waals surface area (Å²) < 4.78 is 24.3. The van der Waals surface area contributed by atoms with Gasteiger partial charge in [-0.2, -0.15) is 10.2 Å². The van der Waals surface area contributed by atoms with Gasteiger partial charge in [-0.3, -0.25) is 4.79 Å². The number of hydrogen-bond acceptors (Lipinski definition) is 6. The molecular formula is C24H23FN4O3. The topological polar surface area (TPSA) is 95.3 Å². The number of carbonyl (C=O) groups excluding carboxylic acids is 1. The molecule has 2 aliphatic rings. The minimum Gasteiger partial charge on any atom is -0.459 e. The molecule has 0 spiro atoms. The summed E-state index contributed by atoms with van der Waals surface area (Å²) in [5, 5.41) is 12.6. The average molecular weight is 434 g/mol. The number of nitrogens with one attached hydrogen (secondary N) is 1. The van der Waals surface area contributed by atoms with Gasteiger partial charge in [-0.05, 0) is 55.5 Å². The molecule has 2 aromatic heterocycles. The highest BCUT2D eigenvalue weighted by molar-refractivity contribution is 5.79. The number of aromatic nitrogens is 1. The number of halogens is 1. The molecule has 0 radical (unpaired) electrons. The molecule has 3 aromatic rings. The number of piperidine rings is 1. The molecule has 3 heterocycles. The predicted octanol–water partition coefficient (Wildman–Crippen LogP) is 4.01. The van der Waals surface area contributed by atoms with Gasteiger partial charge in [0, 0.05) is 31.0 Å². The summed E-state index contributed by atoms with van der Waals surface area (Å²) in [4.78, 5) is 19.0. The summed E-state index contributed by atoms with van der Waals surface area (Å²) in [6.07, 6.45) is 4.85. The molecule has 1 N–H and O–H groups in total. The summed E-state index contributed by atoms with van der Waals surface area (Å²) in [6, 6.07) is 12.1. The summed E-state index contributed by atoms with van der Waals surface area (Å²) in [7, 11) is 0. The molecule has 1 saturated carbocycles. The van der Waals surface area contributed by atoms with Crippen molar-refractivity contribution < 1.29 is 18.0 Å². The van der Waals surface area contributed by atoms with Crippen LogP contribution in [0.25, 0.3) is 11.7 Å². The van der Waals surface area contributed by atoms with Crippen LogP contribution < -0.4 is 10.2 Å². The molecule has 1 aromatic carbocycles. The van der Waals surface area contributed by atoms with Crippen LogP contribution in [0.4, 0.5) is 10.3 Å². The second-order valence-electron chi connectivity index (χ2n) is 8.53. The lowest BCUT2D eigenvalue weighted by Gasteiger charge is -2.31. The fourth-order valence-electron chi connectivity index (χ4n) is 4.37. The van der Waals surface area contributed by atoms with E-state index in [2.05, 4.69) is 16.4 Å². The van der Waals surface area contributed by atoms with E-state index in [-0.39, 0.29) is 34.6 Å². The van der Waals surface area contributed by atoms with E-state index in [0.717, 1.165) is 18.4 Å². The summed E-state index contributed by atoms with van der Waals surface area (Å²) in [5.41, 5.74) is 1.23. The number of hydrogen-bond donors (Lipinski definition) is 1. The first-order chi connectivity index (χ1) is 15.6. The van der Waals surface area contributed by atoms with Crippen LogP contribution in [0, 0.1) is 23.1 Å². The molecule has 2 fully saturated rings. The monoisotopic (exact) mass is 434 g/mol. The van der Waals surface area contributed by atoms with Crippen molar-refractivity contribution in [3.63, 3.8) is 0 Å². The van der Waals surface area contributed by atoms with Crippen molar-refractivity contribution in [2.75, 3.05) is 24.5 Å². The highest BCUT2D eigenvalue weighted by atomic mass is 19.1. The molecule has 0 atom stereocenters. The van der Waals surface area contributed by atoms with Gasteiger partial charge >= 0.3 is 0 Å². The van der Waals surface area contributed by atoms with E-state index in [9.17, 15) is 14.4 Å². The van der Waals surface area contributed by atoms with E-state index in [4.69, 9.17) is 8.83 Å². The van der Waals surface area contributed by atoms with E-state index in [1.807, 2.05) is 17.0 Å². The SMILES string of the molecule is N#Cc1nc(-c2ccco2)oc1N1CCC(C(=O)NCC2(c3ccc(F)cc3)CC2)CC1. The van der Waals surface area contributed by atoms with Gasteiger partial charge in [0.2, 0.25) is 17.5 Å². The van der Waals surface area contributed by atoms with Gasteiger partial charge in [0.15, 0.2) is 5.76 Å². The van der Waals surface area contributed by atoms with Crippen molar-refractivity contribution >= 4 is 11.8 Å². The van der Waals surface area contributed by atoms with Crippen LogP contribution in [0.1, 0.15) is 36.9 Å². The number of nitrogens with zero attached hydrogens (tertiary/aromatic N) is 3. The zero-order valence-corrected chi connectivity index (χ0v) is 17.5. The van der Waals surface area contributed by atoms with Crippen molar-refractivity contribution in [3.05, 3.63) is 59.7 Å². The number of furan rings is 1. The Morgan fingerprint density at radius 1 is 1.25 bits per heavy atom. The second kappa shape index (κ2) is 8.15. The fourth-order valence-corrected chi connectivity index (χ4v) is 4.37. The Morgan fingerprint density at radius 2 is 2.00 bits per heavy atom.